The van der Waals surface area contributed by atoms with Crippen LogP contribution in [-0.4, -0.2) is 20.0 Å². The Hall–Kier alpha value is -2.55. The van der Waals surface area contributed by atoms with Crippen LogP contribution < -0.4 is 0 Å². The maximum absolute atomic E-state index is 12.6. The molecule has 0 aliphatic carbocycles. The standard InChI is InChI=1S/C18H18O3/c1-20-17(21-2)13-16(19)18(14-9-5-3-6-10-14)15-11-7-4-8-12-15/h3-13,18H,1-2H3. The predicted octanol–water partition coefficient (Wildman–Crippen LogP) is 3.52. The number of rotatable bonds is 6. The first-order valence-corrected chi connectivity index (χ1v) is 6.69. The first kappa shape index (κ1) is 14.9. The van der Waals surface area contributed by atoms with Crippen molar-refractivity contribution in [3.8, 4) is 0 Å². The molecule has 0 saturated carbocycles. The molecule has 3 heteroatoms. The summed E-state index contributed by atoms with van der Waals surface area (Å²) in [4.78, 5) is 12.6. The van der Waals surface area contributed by atoms with E-state index in [4.69, 9.17) is 9.47 Å². The van der Waals surface area contributed by atoms with E-state index >= 15 is 0 Å². The van der Waals surface area contributed by atoms with Gasteiger partial charge in [0.1, 0.15) is 0 Å². The summed E-state index contributed by atoms with van der Waals surface area (Å²) in [5, 5.41) is 0. The van der Waals surface area contributed by atoms with Crippen molar-refractivity contribution in [3.05, 3.63) is 83.8 Å². The highest BCUT2D eigenvalue weighted by Gasteiger charge is 2.21. The van der Waals surface area contributed by atoms with Crippen LogP contribution in [0.25, 0.3) is 0 Å². The van der Waals surface area contributed by atoms with Crippen LogP contribution >= 0.6 is 0 Å². The van der Waals surface area contributed by atoms with Gasteiger partial charge in [-0.2, -0.15) is 0 Å². The van der Waals surface area contributed by atoms with Gasteiger partial charge in [0.25, 0.3) is 5.95 Å². The Bertz CT molecular complexity index is 557. The van der Waals surface area contributed by atoms with Crippen molar-refractivity contribution < 1.29 is 14.3 Å². The van der Waals surface area contributed by atoms with E-state index in [0.29, 0.717) is 0 Å². The van der Waals surface area contributed by atoms with Gasteiger partial charge < -0.3 is 9.47 Å². The second-order valence-electron chi connectivity index (χ2n) is 4.53. The summed E-state index contributed by atoms with van der Waals surface area (Å²) in [6, 6.07) is 19.4. The smallest absolute Gasteiger partial charge is 0.282 e. The van der Waals surface area contributed by atoms with E-state index in [0.717, 1.165) is 11.1 Å². The maximum Gasteiger partial charge on any atom is 0.282 e. The number of ketones is 1. The topological polar surface area (TPSA) is 35.5 Å². The highest BCUT2D eigenvalue weighted by atomic mass is 16.7. The van der Waals surface area contributed by atoms with Crippen molar-refractivity contribution in [2.24, 2.45) is 0 Å². The lowest BCUT2D eigenvalue weighted by atomic mass is 9.87. The average Bonchev–Trinajstić information content (AvgIpc) is 2.55. The summed E-state index contributed by atoms with van der Waals surface area (Å²) in [5.74, 6) is -0.240. The predicted molar refractivity (Wildman–Crippen MR) is 81.8 cm³/mol. The van der Waals surface area contributed by atoms with E-state index in [9.17, 15) is 4.79 Å². The number of hydrogen-bond donors (Lipinski definition) is 0. The van der Waals surface area contributed by atoms with Gasteiger partial charge in [-0.3, -0.25) is 4.79 Å². The first-order valence-electron chi connectivity index (χ1n) is 6.69. The molecule has 0 amide bonds. The van der Waals surface area contributed by atoms with E-state index < -0.39 is 0 Å². The number of hydrogen-bond acceptors (Lipinski definition) is 3. The van der Waals surface area contributed by atoms with Crippen molar-refractivity contribution in [1.29, 1.82) is 0 Å². The third-order valence-corrected chi connectivity index (χ3v) is 3.21. The molecule has 21 heavy (non-hydrogen) atoms. The summed E-state index contributed by atoms with van der Waals surface area (Å²) >= 11 is 0. The fraction of sp³-hybridized carbons (Fsp3) is 0.167. The Morgan fingerprint density at radius 2 is 1.29 bits per heavy atom. The van der Waals surface area contributed by atoms with Gasteiger partial charge in [0.15, 0.2) is 5.78 Å². The van der Waals surface area contributed by atoms with Gasteiger partial charge in [-0.15, -0.1) is 0 Å². The molecule has 0 saturated heterocycles. The lowest BCUT2D eigenvalue weighted by Crippen LogP contribution is -2.13. The number of methoxy groups -OCH3 is 2. The Morgan fingerprint density at radius 1 is 0.857 bits per heavy atom. The van der Waals surface area contributed by atoms with Gasteiger partial charge in [0.05, 0.1) is 26.2 Å². The molecule has 0 bridgehead atoms. The van der Waals surface area contributed by atoms with Crippen molar-refractivity contribution in [1.82, 2.24) is 0 Å². The summed E-state index contributed by atoms with van der Waals surface area (Å²) in [6.07, 6.45) is 1.39. The molecule has 0 unspecified atom stereocenters. The minimum absolute atomic E-state index is 0.0777. The van der Waals surface area contributed by atoms with Crippen molar-refractivity contribution >= 4 is 5.78 Å². The van der Waals surface area contributed by atoms with E-state index in [2.05, 4.69) is 0 Å². The SMILES string of the molecule is COC(=CC(=O)C(c1ccccc1)c1ccccc1)OC. The number of carbonyl (C=O) groups excluding carboxylic acids is 1. The number of carbonyl (C=O) groups is 1. The zero-order chi connectivity index (χ0) is 15.1. The zero-order valence-corrected chi connectivity index (χ0v) is 12.2. The van der Waals surface area contributed by atoms with Crippen LogP contribution in [0.3, 0.4) is 0 Å². The summed E-state index contributed by atoms with van der Waals surface area (Å²) in [5.41, 5.74) is 1.88. The van der Waals surface area contributed by atoms with Crippen LogP contribution in [0.1, 0.15) is 17.0 Å². The fourth-order valence-corrected chi connectivity index (χ4v) is 2.21. The van der Waals surface area contributed by atoms with E-state index in [-0.39, 0.29) is 17.6 Å². The van der Waals surface area contributed by atoms with Gasteiger partial charge in [-0.05, 0) is 11.1 Å². The average molecular weight is 282 g/mol. The van der Waals surface area contributed by atoms with Crippen LogP contribution in [-0.2, 0) is 14.3 Å². The molecule has 0 N–H and O–H groups in total. The molecule has 2 aromatic rings. The third-order valence-electron chi connectivity index (χ3n) is 3.21. The lowest BCUT2D eigenvalue weighted by molar-refractivity contribution is -0.115. The second-order valence-corrected chi connectivity index (χ2v) is 4.53. The zero-order valence-electron chi connectivity index (χ0n) is 12.2. The molecule has 0 radical (unpaired) electrons. The Balaban J connectivity index is 2.42. The third kappa shape index (κ3) is 3.72. The minimum atomic E-state index is -0.368. The van der Waals surface area contributed by atoms with Crippen molar-refractivity contribution in [3.63, 3.8) is 0 Å². The van der Waals surface area contributed by atoms with Gasteiger partial charge in [-0.1, -0.05) is 60.7 Å². The number of ether oxygens (including phenoxy) is 2. The quantitative estimate of drug-likeness (QED) is 0.600. The maximum atomic E-state index is 12.6. The molecule has 0 aliphatic rings. The molecule has 0 aromatic heterocycles. The van der Waals surface area contributed by atoms with Gasteiger partial charge in [0.2, 0.25) is 0 Å². The summed E-state index contributed by atoms with van der Waals surface area (Å²) < 4.78 is 10.0. The van der Waals surface area contributed by atoms with Crippen LogP contribution in [0, 0.1) is 0 Å². The Labute approximate surface area is 124 Å². The van der Waals surface area contributed by atoms with Crippen LogP contribution in [0.15, 0.2) is 72.7 Å². The number of benzene rings is 2. The molecule has 0 aliphatic heterocycles. The second kappa shape index (κ2) is 7.29. The number of allylic oxidation sites excluding steroid dienone is 1. The van der Waals surface area contributed by atoms with Crippen LogP contribution in [0.5, 0.6) is 0 Å². The molecule has 2 rings (SSSR count). The first-order chi connectivity index (χ1) is 10.3. The normalized spacial score (nSPS) is 10.0. The Morgan fingerprint density at radius 3 is 1.67 bits per heavy atom. The molecule has 0 heterocycles. The van der Waals surface area contributed by atoms with Gasteiger partial charge in [-0.25, -0.2) is 0 Å². The van der Waals surface area contributed by atoms with Crippen LogP contribution in [0.4, 0.5) is 0 Å². The van der Waals surface area contributed by atoms with Crippen molar-refractivity contribution in [2.45, 2.75) is 5.92 Å². The van der Waals surface area contributed by atoms with Gasteiger partial charge in [0, 0.05) is 0 Å². The molecule has 0 spiro atoms. The summed E-state index contributed by atoms with van der Waals surface area (Å²) in [7, 11) is 2.95. The molecule has 108 valence electrons. The minimum Gasteiger partial charge on any atom is -0.469 e. The lowest BCUT2D eigenvalue weighted by Gasteiger charge is -2.15. The molecule has 0 atom stereocenters. The van der Waals surface area contributed by atoms with E-state index in [1.807, 2.05) is 60.7 Å². The van der Waals surface area contributed by atoms with E-state index in [1.54, 1.807) is 0 Å². The molecule has 2 aromatic carbocycles. The van der Waals surface area contributed by atoms with Crippen molar-refractivity contribution in [2.75, 3.05) is 14.2 Å². The highest BCUT2D eigenvalue weighted by Crippen LogP contribution is 2.26. The fourth-order valence-electron chi connectivity index (χ4n) is 2.21. The molecule has 3 nitrogen and oxygen atoms in total. The summed E-state index contributed by atoms with van der Waals surface area (Å²) in [6.45, 7) is 0. The molecule has 0 fully saturated rings. The van der Waals surface area contributed by atoms with Crippen LogP contribution in [0.2, 0.25) is 0 Å². The van der Waals surface area contributed by atoms with Gasteiger partial charge >= 0.3 is 0 Å². The molecular weight excluding hydrogens is 264 g/mol. The Kier molecular flexibility index (Phi) is 5.16. The highest BCUT2D eigenvalue weighted by molar-refractivity contribution is 5.98. The van der Waals surface area contributed by atoms with E-state index in [1.165, 1.54) is 20.3 Å². The molecular formula is C18H18O3. The largest absolute Gasteiger partial charge is 0.469 e. The monoisotopic (exact) mass is 282 g/mol.